The number of anilines is 2. The highest BCUT2D eigenvalue weighted by Gasteiger charge is 2.24. The molecule has 166 valence electrons. The molecule has 0 unspecified atom stereocenters. The second kappa shape index (κ2) is 9.93. The van der Waals surface area contributed by atoms with E-state index in [0.717, 1.165) is 50.8 Å². The lowest BCUT2D eigenvalue weighted by Gasteiger charge is -2.34. The molecule has 9 heteroatoms. The van der Waals surface area contributed by atoms with Crippen molar-refractivity contribution in [3.8, 4) is 0 Å². The number of amides is 2. The molecular formula is C22H29N5O4. The SMILES string of the molecule is Cc1cc(C(=O)N2CCN(CCC(=O)Nc3ccc(N4CCOCC4)cc3)CC2)on1. The molecule has 3 heterocycles. The summed E-state index contributed by atoms with van der Waals surface area (Å²) in [5.74, 6) is 0.151. The van der Waals surface area contributed by atoms with Crippen LogP contribution in [0.5, 0.6) is 0 Å². The highest BCUT2D eigenvalue weighted by Crippen LogP contribution is 2.19. The number of aryl methyl sites for hydroxylation is 1. The molecule has 1 aromatic heterocycles. The maximum atomic E-state index is 12.4. The van der Waals surface area contributed by atoms with E-state index in [1.54, 1.807) is 17.9 Å². The van der Waals surface area contributed by atoms with Crippen molar-refractivity contribution in [2.45, 2.75) is 13.3 Å². The fraction of sp³-hybridized carbons (Fsp3) is 0.500. The molecule has 2 amide bonds. The molecule has 0 saturated carbocycles. The second-order valence-corrected chi connectivity index (χ2v) is 7.91. The molecule has 2 aromatic rings. The second-order valence-electron chi connectivity index (χ2n) is 7.91. The summed E-state index contributed by atoms with van der Waals surface area (Å²) in [6, 6.07) is 9.61. The number of hydrogen-bond acceptors (Lipinski definition) is 7. The van der Waals surface area contributed by atoms with E-state index in [-0.39, 0.29) is 17.6 Å². The average molecular weight is 428 g/mol. The molecule has 2 aliphatic rings. The third kappa shape index (κ3) is 5.62. The number of aromatic nitrogens is 1. The standard InChI is InChI=1S/C22H29N5O4/c1-17-16-20(31-24-17)22(29)27-10-8-25(9-11-27)7-6-21(28)23-18-2-4-19(5-3-18)26-12-14-30-15-13-26/h2-5,16H,6-15H2,1H3,(H,23,28). The summed E-state index contributed by atoms with van der Waals surface area (Å²) in [6.45, 7) is 8.45. The van der Waals surface area contributed by atoms with Crippen molar-refractivity contribution in [3.05, 3.63) is 41.8 Å². The van der Waals surface area contributed by atoms with Gasteiger partial charge in [0.05, 0.1) is 18.9 Å². The summed E-state index contributed by atoms with van der Waals surface area (Å²) in [7, 11) is 0. The summed E-state index contributed by atoms with van der Waals surface area (Å²) in [4.78, 5) is 31.0. The van der Waals surface area contributed by atoms with E-state index in [4.69, 9.17) is 9.26 Å². The van der Waals surface area contributed by atoms with Gasteiger partial charge in [-0.3, -0.25) is 14.5 Å². The van der Waals surface area contributed by atoms with E-state index in [2.05, 4.69) is 20.3 Å². The van der Waals surface area contributed by atoms with Crippen LogP contribution in [-0.4, -0.2) is 85.8 Å². The number of hydrogen-bond donors (Lipinski definition) is 1. The minimum Gasteiger partial charge on any atom is -0.378 e. The van der Waals surface area contributed by atoms with Gasteiger partial charge in [-0.15, -0.1) is 0 Å². The van der Waals surface area contributed by atoms with E-state index in [9.17, 15) is 9.59 Å². The Morgan fingerprint density at radius 2 is 1.74 bits per heavy atom. The normalized spacial score (nSPS) is 17.6. The molecule has 4 rings (SSSR count). The number of benzene rings is 1. The fourth-order valence-electron chi connectivity index (χ4n) is 3.86. The summed E-state index contributed by atoms with van der Waals surface area (Å²) < 4.78 is 10.5. The van der Waals surface area contributed by atoms with Gasteiger partial charge in [-0.25, -0.2) is 0 Å². The molecule has 2 saturated heterocycles. The molecule has 9 nitrogen and oxygen atoms in total. The van der Waals surface area contributed by atoms with E-state index < -0.39 is 0 Å². The zero-order valence-electron chi connectivity index (χ0n) is 17.9. The number of piperazine rings is 1. The van der Waals surface area contributed by atoms with E-state index >= 15 is 0 Å². The van der Waals surface area contributed by atoms with Crippen molar-refractivity contribution < 1.29 is 18.8 Å². The Morgan fingerprint density at radius 1 is 1.03 bits per heavy atom. The van der Waals surface area contributed by atoms with Gasteiger partial charge >= 0.3 is 0 Å². The largest absolute Gasteiger partial charge is 0.378 e. The number of ether oxygens (including phenoxy) is 1. The topological polar surface area (TPSA) is 91.2 Å². The van der Waals surface area contributed by atoms with Gasteiger partial charge in [0.2, 0.25) is 11.7 Å². The van der Waals surface area contributed by atoms with E-state index in [0.29, 0.717) is 31.7 Å². The monoisotopic (exact) mass is 427 g/mol. The Labute approximate surface area is 181 Å². The lowest BCUT2D eigenvalue weighted by Crippen LogP contribution is -2.49. The lowest BCUT2D eigenvalue weighted by molar-refractivity contribution is -0.116. The van der Waals surface area contributed by atoms with Crippen molar-refractivity contribution in [1.29, 1.82) is 0 Å². The van der Waals surface area contributed by atoms with Gasteiger partial charge in [0, 0.05) is 69.7 Å². The molecule has 31 heavy (non-hydrogen) atoms. The molecule has 0 spiro atoms. The van der Waals surface area contributed by atoms with Crippen molar-refractivity contribution in [2.24, 2.45) is 0 Å². The van der Waals surface area contributed by atoms with Gasteiger partial charge in [0.15, 0.2) is 0 Å². The summed E-state index contributed by atoms with van der Waals surface area (Å²) in [5.41, 5.74) is 2.65. The van der Waals surface area contributed by atoms with Gasteiger partial charge in [0.1, 0.15) is 0 Å². The van der Waals surface area contributed by atoms with Crippen molar-refractivity contribution in [2.75, 3.05) is 69.2 Å². The lowest BCUT2D eigenvalue weighted by atomic mass is 10.2. The Balaban J connectivity index is 1.18. The first-order valence-electron chi connectivity index (χ1n) is 10.8. The Kier molecular flexibility index (Phi) is 6.83. The Hall–Kier alpha value is -2.91. The number of carbonyl (C=O) groups is 2. The predicted octanol–water partition coefficient (Wildman–Crippen LogP) is 1.61. The maximum absolute atomic E-state index is 12.4. The summed E-state index contributed by atoms with van der Waals surface area (Å²) in [6.07, 6.45) is 0.417. The summed E-state index contributed by atoms with van der Waals surface area (Å²) >= 11 is 0. The third-order valence-corrected chi connectivity index (χ3v) is 5.68. The molecule has 0 radical (unpaired) electrons. The number of morpholine rings is 1. The van der Waals surface area contributed by atoms with Crippen LogP contribution in [0.1, 0.15) is 22.7 Å². The van der Waals surface area contributed by atoms with Crippen LogP contribution in [0, 0.1) is 6.92 Å². The number of rotatable bonds is 6. The molecular weight excluding hydrogens is 398 g/mol. The zero-order valence-corrected chi connectivity index (χ0v) is 17.9. The minimum atomic E-state index is -0.126. The van der Waals surface area contributed by atoms with E-state index in [1.807, 2.05) is 24.3 Å². The van der Waals surface area contributed by atoms with Crippen molar-refractivity contribution in [1.82, 2.24) is 15.0 Å². The third-order valence-electron chi connectivity index (χ3n) is 5.68. The molecule has 0 bridgehead atoms. The summed E-state index contributed by atoms with van der Waals surface area (Å²) in [5, 5.41) is 6.74. The quantitative estimate of drug-likeness (QED) is 0.749. The van der Waals surface area contributed by atoms with Gasteiger partial charge in [-0.05, 0) is 31.2 Å². The number of carbonyl (C=O) groups excluding carboxylic acids is 2. The average Bonchev–Trinajstić information content (AvgIpc) is 3.25. The number of nitrogens with zero attached hydrogens (tertiary/aromatic N) is 4. The van der Waals surface area contributed by atoms with Gasteiger partial charge in [-0.1, -0.05) is 5.16 Å². The van der Waals surface area contributed by atoms with Crippen LogP contribution >= 0.6 is 0 Å². The van der Waals surface area contributed by atoms with Gasteiger partial charge < -0.3 is 24.4 Å². The molecule has 1 aromatic carbocycles. The molecule has 2 aliphatic heterocycles. The Bertz CT molecular complexity index is 884. The first-order valence-corrected chi connectivity index (χ1v) is 10.8. The first-order chi connectivity index (χ1) is 15.1. The van der Waals surface area contributed by atoms with Crippen LogP contribution in [0.2, 0.25) is 0 Å². The molecule has 2 fully saturated rings. The van der Waals surface area contributed by atoms with E-state index in [1.165, 1.54) is 0 Å². The smallest absolute Gasteiger partial charge is 0.292 e. The van der Waals surface area contributed by atoms with Gasteiger partial charge in [-0.2, -0.15) is 0 Å². The fourth-order valence-corrected chi connectivity index (χ4v) is 3.86. The van der Waals surface area contributed by atoms with Crippen LogP contribution in [0.15, 0.2) is 34.9 Å². The highest BCUT2D eigenvalue weighted by atomic mass is 16.5. The van der Waals surface area contributed by atoms with Crippen LogP contribution in [0.3, 0.4) is 0 Å². The molecule has 0 aliphatic carbocycles. The molecule has 0 atom stereocenters. The van der Waals surface area contributed by atoms with Crippen LogP contribution in [0.25, 0.3) is 0 Å². The van der Waals surface area contributed by atoms with Crippen molar-refractivity contribution in [3.63, 3.8) is 0 Å². The van der Waals surface area contributed by atoms with Crippen LogP contribution < -0.4 is 10.2 Å². The zero-order chi connectivity index (χ0) is 21.6. The number of nitrogens with one attached hydrogen (secondary N) is 1. The first kappa shape index (κ1) is 21.3. The predicted molar refractivity (Wildman–Crippen MR) is 116 cm³/mol. The minimum absolute atomic E-state index is 0.00485. The van der Waals surface area contributed by atoms with Crippen LogP contribution in [0.4, 0.5) is 11.4 Å². The van der Waals surface area contributed by atoms with Crippen molar-refractivity contribution >= 4 is 23.2 Å². The van der Waals surface area contributed by atoms with Crippen LogP contribution in [-0.2, 0) is 9.53 Å². The highest BCUT2D eigenvalue weighted by molar-refractivity contribution is 5.92. The molecule has 1 N–H and O–H groups in total. The van der Waals surface area contributed by atoms with Gasteiger partial charge in [0.25, 0.3) is 5.91 Å². The maximum Gasteiger partial charge on any atom is 0.292 e. The Morgan fingerprint density at radius 3 is 2.39 bits per heavy atom.